The normalized spacial score (nSPS) is 20.0. The maximum atomic E-state index is 13.0. The molecule has 0 spiro atoms. The number of nitrogens with zero attached hydrogens (tertiary/aromatic N) is 1. The maximum Gasteiger partial charge on any atom is 0.416 e. The van der Waals surface area contributed by atoms with Crippen LogP contribution in [0.4, 0.5) is 26.3 Å². The van der Waals surface area contributed by atoms with Crippen molar-refractivity contribution in [3.8, 4) is 0 Å². The summed E-state index contributed by atoms with van der Waals surface area (Å²) >= 11 is 0. The van der Waals surface area contributed by atoms with Crippen LogP contribution in [-0.4, -0.2) is 47.0 Å². The molecule has 1 atom stereocenters. The molecule has 1 fully saturated rings. The lowest BCUT2D eigenvalue weighted by Gasteiger charge is -2.32. The van der Waals surface area contributed by atoms with Crippen LogP contribution in [0.2, 0.25) is 0 Å². The first-order chi connectivity index (χ1) is 13.0. The van der Waals surface area contributed by atoms with Crippen molar-refractivity contribution in [2.24, 2.45) is 5.92 Å². The summed E-state index contributed by atoms with van der Waals surface area (Å²) in [6.45, 7) is -0.432. The fourth-order valence-corrected chi connectivity index (χ4v) is 5.07. The Morgan fingerprint density at radius 1 is 1.00 bits per heavy atom. The van der Waals surface area contributed by atoms with Crippen LogP contribution in [0.15, 0.2) is 23.1 Å². The molecule has 6 nitrogen and oxygen atoms in total. The number of nitrogens with one attached hydrogen (secondary N) is 1. The van der Waals surface area contributed by atoms with Crippen molar-refractivity contribution in [1.82, 2.24) is 9.03 Å². The van der Waals surface area contributed by atoms with Crippen LogP contribution in [0.5, 0.6) is 0 Å². The van der Waals surface area contributed by atoms with Crippen molar-refractivity contribution in [3.05, 3.63) is 29.3 Å². The number of rotatable bonds is 5. The van der Waals surface area contributed by atoms with E-state index in [0.717, 1.165) is 10.6 Å². The number of benzene rings is 1. The van der Waals surface area contributed by atoms with Crippen LogP contribution < -0.4 is 4.72 Å². The first kappa shape index (κ1) is 23.9. The molecule has 1 aliphatic heterocycles. The van der Waals surface area contributed by atoms with Gasteiger partial charge in [-0.15, -0.1) is 0 Å². The average molecular weight is 468 g/mol. The van der Waals surface area contributed by atoms with Gasteiger partial charge in [0.15, 0.2) is 0 Å². The second kappa shape index (κ2) is 8.04. The number of sulfonamides is 2. The number of piperidine rings is 1. The highest BCUT2D eigenvalue weighted by Crippen LogP contribution is 2.38. The zero-order valence-electron chi connectivity index (χ0n) is 15.0. The van der Waals surface area contributed by atoms with Gasteiger partial charge < -0.3 is 0 Å². The third kappa shape index (κ3) is 6.30. The fourth-order valence-electron chi connectivity index (χ4n) is 2.91. The average Bonchev–Trinajstić information content (AvgIpc) is 2.57. The number of hydrogen-bond donors (Lipinski definition) is 1. The summed E-state index contributed by atoms with van der Waals surface area (Å²) in [5.74, 6) is -0.471. The predicted octanol–water partition coefficient (Wildman–Crippen LogP) is 2.67. The molecule has 29 heavy (non-hydrogen) atoms. The molecular weight excluding hydrogens is 450 g/mol. The summed E-state index contributed by atoms with van der Waals surface area (Å²) in [6, 6.07) is 0.194. The Kier molecular flexibility index (Phi) is 6.62. The van der Waals surface area contributed by atoms with E-state index in [1.165, 1.54) is 0 Å². The molecular formula is C15H18F6N2O4S2. The third-order valence-electron chi connectivity index (χ3n) is 4.31. The molecule has 0 bridgehead atoms. The lowest BCUT2D eigenvalue weighted by atomic mass is 10.0. The molecule has 14 heteroatoms. The van der Waals surface area contributed by atoms with Crippen LogP contribution in [0.25, 0.3) is 0 Å². The molecule has 0 amide bonds. The smallest absolute Gasteiger partial charge is 0.215 e. The van der Waals surface area contributed by atoms with Gasteiger partial charge in [0.1, 0.15) is 0 Å². The Morgan fingerprint density at radius 3 is 1.97 bits per heavy atom. The minimum atomic E-state index is -5.17. The minimum absolute atomic E-state index is 0.0960. The van der Waals surface area contributed by atoms with Gasteiger partial charge in [0, 0.05) is 19.6 Å². The summed E-state index contributed by atoms with van der Waals surface area (Å²) in [4.78, 5) is -1.11. The third-order valence-corrected chi connectivity index (χ3v) is 6.85. The molecule has 0 aliphatic carbocycles. The highest BCUT2D eigenvalue weighted by atomic mass is 32.2. The van der Waals surface area contributed by atoms with Crippen LogP contribution >= 0.6 is 0 Å². The van der Waals surface area contributed by atoms with E-state index in [2.05, 4.69) is 4.72 Å². The van der Waals surface area contributed by atoms with Gasteiger partial charge in [0.05, 0.1) is 22.3 Å². The van der Waals surface area contributed by atoms with Gasteiger partial charge in [-0.25, -0.2) is 21.6 Å². The molecule has 1 aromatic carbocycles. The molecule has 1 aromatic rings. The summed E-state index contributed by atoms with van der Waals surface area (Å²) in [5.41, 5.74) is -3.45. The molecule has 1 aliphatic rings. The standard InChI is InChI=1S/C15H18F6N2O4S2/c1-28(24,25)22-8-10-3-2-4-23(9-10)29(26,27)13-6-11(14(16,17)18)5-12(7-13)15(19,20)21/h5-7,10,22H,2-4,8-9H2,1H3/t10-/m1/s1. The quantitative estimate of drug-likeness (QED) is 0.674. The van der Waals surface area contributed by atoms with E-state index >= 15 is 0 Å². The monoisotopic (exact) mass is 468 g/mol. The predicted molar refractivity (Wildman–Crippen MR) is 90.8 cm³/mol. The van der Waals surface area contributed by atoms with Crippen LogP contribution in [-0.2, 0) is 32.4 Å². The molecule has 1 saturated heterocycles. The molecule has 1 heterocycles. The van der Waals surface area contributed by atoms with E-state index in [4.69, 9.17) is 0 Å². The Hall–Kier alpha value is -1.38. The summed E-state index contributed by atoms with van der Waals surface area (Å²) in [5, 5.41) is 0. The Balaban J connectivity index is 2.39. The minimum Gasteiger partial charge on any atom is -0.215 e. The van der Waals surface area contributed by atoms with Gasteiger partial charge >= 0.3 is 12.4 Å². The van der Waals surface area contributed by atoms with Crippen molar-refractivity contribution in [2.45, 2.75) is 30.1 Å². The molecule has 0 saturated carbocycles. The largest absolute Gasteiger partial charge is 0.416 e. The van der Waals surface area contributed by atoms with Crippen LogP contribution in [0, 0.1) is 5.92 Å². The van der Waals surface area contributed by atoms with Crippen molar-refractivity contribution in [3.63, 3.8) is 0 Å². The molecule has 0 radical (unpaired) electrons. The summed E-state index contributed by atoms with van der Waals surface area (Å²) < 4.78 is 129. The van der Waals surface area contributed by atoms with Gasteiger partial charge in [0.2, 0.25) is 20.0 Å². The van der Waals surface area contributed by atoms with Crippen molar-refractivity contribution in [2.75, 3.05) is 25.9 Å². The first-order valence-corrected chi connectivity index (χ1v) is 11.6. The molecule has 2 rings (SSSR count). The molecule has 0 aromatic heterocycles. The Labute approximate surface area is 164 Å². The lowest BCUT2D eigenvalue weighted by molar-refractivity contribution is -0.143. The zero-order chi connectivity index (χ0) is 22.3. The topological polar surface area (TPSA) is 83.6 Å². The van der Waals surface area contributed by atoms with Gasteiger partial charge in [-0.3, -0.25) is 0 Å². The highest BCUT2D eigenvalue weighted by molar-refractivity contribution is 7.89. The van der Waals surface area contributed by atoms with E-state index in [9.17, 15) is 43.2 Å². The van der Waals surface area contributed by atoms with E-state index in [1.807, 2.05) is 0 Å². The zero-order valence-corrected chi connectivity index (χ0v) is 16.6. The van der Waals surface area contributed by atoms with Gasteiger partial charge in [-0.2, -0.15) is 30.6 Å². The first-order valence-electron chi connectivity index (χ1n) is 8.24. The van der Waals surface area contributed by atoms with Gasteiger partial charge in [-0.05, 0) is 37.0 Å². The number of halogens is 6. The van der Waals surface area contributed by atoms with Gasteiger partial charge in [0.25, 0.3) is 0 Å². The van der Waals surface area contributed by atoms with Crippen LogP contribution in [0.3, 0.4) is 0 Å². The SMILES string of the molecule is CS(=O)(=O)NC[C@H]1CCCN(S(=O)(=O)c2cc(C(F)(F)F)cc(C(F)(F)F)c2)C1. The number of hydrogen-bond acceptors (Lipinski definition) is 4. The highest BCUT2D eigenvalue weighted by Gasteiger charge is 2.39. The summed E-state index contributed by atoms with van der Waals surface area (Å²) in [6.07, 6.45) is -8.71. The van der Waals surface area contributed by atoms with E-state index < -0.39 is 54.3 Å². The van der Waals surface area contributed by atoms with E-state index in [-0.39, 0.29) is 44.3 Å². The second-order valence-corrected chi connectivity index (χ2v) is 10.5. The lowest BCUT2D eigenvalue weighted by Crippen LogP contribution is -2.43. The maximum absolute atomic E-state index is 13.0. The molecule has 166 valence electrons. The van der Waals surface area contributed by atoms with Crippen LogP contribution in [0.1, 0.15) is 24.0 Å². The summed E-state index contributed by atoms with van der Waals surface area (Å²) in [7, 11) is -8.20. The Bertz CT molecular complexity index is 926. The second-order valence-electron chi connectivity index (χ2n) is 6.73. The Morgan fingerprint density at radius 2 is 1.52 bits per heavy atom. The molecule has 0 unspecified atom stereocenters. The fraction of sp³-hybridized carbons (Fsp3) is 0.600. The van der Waals surface area contributed by atoms with Crippen molar-refractivity contribution in [1.29, 1.82) is 0 Å². The van der Waals surface area contributed by atoms with Crippen molar-refractivity contribution < 1.29 is 43.2 Å². The van der Waals surface area contributed by atoms with E-state index in [1.54, 1.807) is 0 Å². The van der Waals surface area contributed by atoms with E-state index in [0.29, 0.717) is 6.42 Å². The molecule has 1 N–H and O–H groups in total. The number of alkyl halides is 6. The van der Waals surface area contributed by atoms with Crippen molar-refractivity contribution >= 4 is 20.0 Å². The van der Waals surface area contributed by atoms with Gasteiger partial charge in [-0.1, -0.05) is 0 Å².